The molecule has 152 valence electrons. The van der Waals surface area contributed by atoms with Gasteiger partial charge in [-0.25, -0.2) is 4.98 Å². The van der Waals surface area contributed by atoms with Gasteiger partial charge in [-0.05, 0) is 61.9 Å². The molecule has 2 aromatic heterocycles. The Morgan fingerprint density at radius 1 is 1.00 bits per heavy atom. The van der Waals surface area contributed by atoms with Crippen molar-refractivity contribution in [3.63, 3.8) is 0 Å². The van der Waals surface area contributed by atoms with Crippen LogP contribution in [0.3, 0.4) is 0 Å². The van der Waals surface area contributed by atoms with Gasteiger partial charge in [0.25, 0.3) is 0 Å². The second-order valence-corrected chi connectivity index (χ2v) is 8.14. The fourth-order valence-electron chi connectivity index (χ4n) is 4.08. The maximum absolute atomic E-state index is 4.78. The summed E-state index contributed by atoms with van der Waals surface area (Å²) in [4.78, 5) is 15.8. The molecular weight excluding hydrogens is 360 g/mol. The lowest BCUT2D eigenvalue weighted by molar-refractivity contribution is 0.323. The van der Waals surface area contributed by atoms with Crippen molar-refractivity contribution in [3.05, 3.63) is 54.4 Å². The Bertz CT molecular complexity index is 919. The van der Waals surface area contributed by atoms with Crippen LogP contribution in [0.1, 0.15) is 31.2 Å². The van der Waals surface area contributed by atoms with Crippen molar-refractivity contribution in [3.8, 4) is 0 Å². The zero-order valence-electron chi connectivity index (χ0n) is 17.3. The van der Waals surface area contributed by atoms with Crippen LogP contribution in [0.15, 0.2) is 48.8 Å². The molecule has 0 amide bonds. The summed E-state index contributed by atoms with van der Waals surface area (Å²) in [6, 6.07) is 12.8. The third-order valence-corrected chi connectivity index (χ3v) is 5.67. The molecule has 1 saturated carbocycles. The zero-order chi connectivity index (χ0) is 20.1. The largest absolute Gasteiger partial charge is 0.362 e. The highest BCUT2D eigenvalue weighted by atomic mass is 15.2. The molecule has 0 bridgehead atoms. The van der Waals surface area contributed by atoms with Gasteiger partial charge in [-0.1, -0.05) is 18.2 Å². The molecule has 1 aliphatic carbocycles. The molecule has 4 rings (SSSR count). The Hall–Kier alpha value is -2.73. The normalized spacial score (nSPS) is 19.2. The minimum Gasteiger partial charge on any atom is -0.362 e. The number of hydrogen-bond donors (Lipinski definition) is 2. The Morgan fingerprint density at radius 2 is 1.83 bits per heavy atom. The van der Waals surface area contributed by atoms with Gasteiger partial charge in [-0.2, -0.15) is 4.98 Å². The number of nitrogens with one attached hydrogen (secondary N) is 2. The average molecular weight is 391 g/mol. The molecule has 29 heavy (non-hydrogen) atoms. The van der Waals surface area contributed by atoms with E-state index in [9.17, 15) is 0 Å². The van der Waals surface area contributed by atoms with E-state index in [4.69, 9.17) is 9.97 Å². The lowest BCUT2D eigenvalue weighted by Crippen LogP contribution is -2.31. The number of hydrogen-bond acceptors (Lipinski definition) is 6. The van der Waals surface area contributed by atoms with E-state index in [1.54, 1.807) is 0 Å². The second kappa shape index (κ2) is 9.18. The van der Waals surface area contributed by atoms with Crippen LogP contribution in [0, 0.1) is 5.92 Å². The van der Waals surface area contributed by atoms with E-state index in [0.717, 1.165) is 54.5 Å². The number of rotatable bonds is 7. The summed E-state index contributed by atoms with van der Waals surface area (Å²) in [7, 11) is 4.06. The number of pyridine rings is 1. The standard InChI is InChI=1S/C23H30N6/c1-29(2)22-20-7-3-4-8-21(20)27-23(28-22)26-19-11-9-17(10-12-19)14-25-16-18-6-5-13-24-15-18/h3-8,13,15,17,19,25H,9-12,14,16H2,1-2H3,(H,26,27,28)/t17-,19+. The molecule has 1 aromatic carbocycles. The zero-order valence-corrected chi connectivity index (χ0v) is 17.3. The Labute approximate surface area is 172 Å². The fraction of sp³-hybridized carbons (Fsp3) is 0.435. The van der Waals surface area contributed by atoms with Crippen molar-refractivity contribution in [1.82, 2.24) is 20.3 Å². The van der Waals surface area contributed by atoms with Gasteiger partial charge in [-0.15, -0.1) is 0 Å². The van der Waals surface area contributed by atoms with Crippen molar-refractivity contribution in [1.29, 1.82) is 0 Å². The van der Waals surface area contributed by atoms with Crippen LogP contribution in [0.25, 0.3) is 10.9 Å². The molecule has 0 unspecified atom stereocenters. The monoisotopic (exact) mass is 390 g/mol. The molecule has 0 radical (unpaired) electrons. The smallest absolute Gasteiger partial charge is 0.225 e. The van der Waals surface area contributed by atoms with E-state index >= 15 is 0 Å². The fourth-order valence-corrected chi connectivity index (χ4v) is 4.08. The summed E-state index contributed by atoms with van der Waals surface area (Å²) in [6.07, 6.45) is 8.52. The summed E-state index contributed by atoms with van der Waals surface area (Å²) in [5, 5.41) is 8.27. The third kappa shape index (κ3) is 5.01. The van der Waals surface area contributed by atoms with Gasteiger partial charge < -0.3 is 15.5 Å². The minimum absolute atomic E-state index is 0.445. The molecule has 0 atom stereocenters. The number of para-hydroxylation sites is 1. The summed E-state index contributed by atoms with van der Waals surface area (Å²) in [6.45, 7) is 1.96. The van der Waals surface area contributed by atoms with Crippen molar-refractivity contribution >= 4 is 22.7 Å². The molecule has 6 heteroatoms. The Morgan fingerprint density at radius 3 is 2.59 bits per heavy atom. The van der Waals surface area contributed by atoms with Gasteiger partial charge in [0, 0.05) is 44.5 Å². The van der Waals surface area contributed by atoms with Crippen LogP contribution in [-0.2, 0) is 6.54 Å². The van der Waals surface area contributed by atoms with Crippen LogP contribution in [0.5, 0.6) is 0 Å². The van der Waals surface area contributed by atoms with Crippen molar-refractivity contribution in [2.45, 2.75) is 38.3 Å². The molecular formula is C23H30N6. The molecule has 0 spiro atoms. The summed E-state index contributed by atoms with van der Waals surface area (Å²) >= 11 is 0. The molecule has 0 saturated heterocycles. The van der Waals surface area contributed by atoms with E-state index in [-0.39, 0.29) is 0 Å². The predicted molar refractivity (Wildman–Crippen MR) is 119 cm³/mol. The quantitative estimate of drug-likeness (QED) is 0.639. The van der Waals surface area contributed by atoms with Gasteiger partial charge in [0.05, 0.1) is 5.52 Å². The van der Waals surface area contributed by atoms with Gasteiger partial charge in [-0.3, -0.25) is 4.98 Å². The maximum Gasteiger partial charge on any atom is 0.225 e. The molecule has 0 aliphatic heterocycles. The second-order valence-electron chi connectivity index (χ2n) is 8.14. The lowest BCUT2D eigenvalue weighted by atomic mass is 9.86. The summed E-state index contributed by atoms with van der Waals surface area (Å²) < 4.78 is 0. The number of benzene rings is 1. The van der Waals surface area contributed by atoms with Crippen LogP contribution in [-0.4, -0.2) is 41.6 Å². The van der Waals surface area contributed by atoms with Crippen molar-refractivity contribution < 1.29 is 0 Å². The van der Waals surface area contributed by atoms with Crippen LogP contribution in [0.4, 0.5) is 11.8 Å². The van der Waals surface area contributed by atoms with Crippen molar-refractivity contribution in [2.24, 2.45) is 5.92 Å². The van der Waals surface area contributed by atoms with Gasteiger partial charge in [0.1, 0.15) is 5.82 Å². The Kier molecular flexibility index (Phi) is 6.20. The highest BCUT2D eigenvalue weighted by Gasteiger charge is 2.22. The first-order valence-corrected chi connectivity index (χ1v) is 10.5. The first-order chi connectivity index (χ1) is 14.2. The molecule has 1 fully saturated rings. The molecule has 2 heterocycles. The number of aromatic nitrogens is 3. The van der Waals surface area contributed by atoms with E-state index in [0.29, 0.717) is 6.04 Å². The SMILES string of the molecule is CN(C)c1nc(N[C@H]2CC[C@@H](CNCc3cccnc3)CC2)nc2ccccc12. The van der Waals surface area contributed by atoms with Crippen LogP contribution in [0.2, 0.25) is 0 Å². The maximum atomic E-state index is 4.78. The van der Waals surface area contributed by atoms with E-state index in [1.165, 1.54) is 18.4 Å². The first-order valence-electron chi connectivity index (χ1n) is 10.5. The number of nitrogens with zero attached hydrogens (tertiary/aromatic N) is 4. The highest BCUT2D eigenvalue weighted by Crippen LogP contribution is 2.28. The van der Waals surface area contributed by atoms with E-state index in [2.05, 4.69) is 38.7 Å². The van der Waals surface area contributed by atoms with Crippen LogP contribution >= 0.6 is 0 Å². The third-order valence-electron chi connectivity index (χ3n) is 5.67. The van der Waals surface area contributed by atoms with Gasteiger partial charge in [0.2, 0.25) is 5.95 Å². The van der Waals surface area contributed by atoms with E-state index < -0.39 is 0 Å². The molecule has 6 nitrogen and oxygen atoms in total. The van der Waals surface area contributed by atoms with Gasteiger partial charge >= 0.3 is 0 Å². The van der Waals surface area contributed by atoms with Gasteiger partial charge in [0.15, 0.2) is 0 Å². The molecule has 1 aliphatic rings. The average Bonchev–Trinajstić information content (AvgIpc) is 2.75. The van der Waals surface area contributed by atoms with Crippen LogP contribution < -0.4 is 15.5 Å². The first kappa shape index (κ1) is 19.6. The molecule has 3 aromatic rings. The molecule has 2 N–H and O–H groups in total. The highest BCUT2D eigenvalue weighted by molar-refractivity contribution is 5.90. The topological polar surface area (TPSA) is 66.0 Å². The Balaban J connectivity index is 1.30. The summed E-state index contributed by atoms with van der Waals surface area (Å²) in [5.41, 5.74) is 2.23. The number of fused-ring (bicyclic) bond motifs is 1. The number of anilines is 2. The summed E-state index contributed by atoms with van der Waals surface area (Å²) in [5.74, 6) is 2.44. The minimum atomic E-state index is 0.445. The lowest BCUT2D eigenvalue weighted by Gasteiger charge is -2.29. The van der Waals surface area contributed by atoms with Crippen molar-refractivity contribution in [2.75, 3.05) is 30.9 Å². The van der Waals surface area contributed by atoms with E-state index in [1.807, 2.05) is 44.7 Å². The predicted octanol–water partition coefficient (Wildman–Crippen LogP) is 3.85.